The molecule has 21 heavy (non-hydrogen) atoms. The van der Waals surface area contributed by atoms with Crippen LogP contribution in [0.2, 0.25) is 0 Å². The second kappa shape index (κ2) is 7.81. The minimum Gasteiger partial charge on any atom is -0.497 e. The Kier molecular flexibility index (Phi) is 5.78. The van der Waals surface area contributed by atoms with Crippen LogP contribution in [-0.4, -0.2) is 25.6 Å². The summed E-state index contributed by atoms with van der Waals surface area (Å²) < 4.78 is 5.19. The molecule has 0 heterocycles. The molecule has 3 nitrogen and oxygen atoms in total. The van der Waals surface area contributed by atoms with Crippen LogP contribution in [0.15, 0.2) is 48.5 Å². The third-order valence-electron chi connectivity index (χ3n) is 3.58. The summed E-state index contributed by atoms with van der Waals surface area (Å²) in [6.07, 6.45) is 0.937. The van der Waals surface area contributed by atoms with Crippen LogP contribution < -0.4 is 10.5 Å². The predicted molar refractivity (Wildman–Crippen MR) is 87.4 cm³/mol. The summed E-state index contributed by atoms with van der Waals surface area (Å²) >= 11 is 0. The van der Waals surface area contributed by atoms with Crippen molar-refractivity contribution >= 4 is 0 Å². The molecule has 0 bridgehead atoms. The Morgan fingerprint density at radius 1 is 0.952 bits per heavy atom. The highest BCUT2D eigenvalue weighted by atomic mass is 16.5. The van der Waals surface area contributed by atoms with Crippen molar-refractivity contribution in [1.29, 1.82) is 0 Å². The number of hydrogen-bond donors (Lipinski definition) is 1. The first-order chi connectivity index (χ1) is 10.2. The van der Waals surface area contributed by atoms with E-state index in [9.17, 15) is 0 Å². The second-order valence-corrected chi connectivity index (χ2v) is 5.33. The smallest absolute Gasteiger partial charge is 0.118 e. The monoisotopic (exact) mass is 284 g/mol. The molecule has 0 aliphatic heterocycles. The molecule has 2 aromatic carbocycles. The Morgan fingerprint density at radius 3 is 2.24 bits per heavy atom. The minimum atomic E-state index is 0.694. The average Bonchev–Trinajstić information content (AvgIpc) is 2.50. The van der Waals surface area contributed by atoms with Crippen LogP contribution in [0.3, 0.4) is 0 Å². The first-order valence-electron chi connectivity index (χ1n) is 7.31. The van der Waals surface area contributed by atoms with Crippen LogP contribution in [0.4, 0.5) is 0 Å². The Labute approximate surface area is 127 Å². The van der Waals surface area contributed by atoms with E-state index < -0.39 is 0 Å². The van der Waals surface area contributed by atoms with Gasteiger partial charge in [-0.05, 0) is 48.8 Å². The summed E-state index contributed by atoms with van der Waals surface area (Å²) in [7, 11) is 3.83. The van der Waals surface area contributed by atoms with Crippen LogP contribution in [0.1, 0.15) is 16.7 Å². The van der Waals surface area contributed by atoms with Crippen molar-refractivity contribution in [2.24, 2.45) is 5.73 Å². The molecule has 2 aromatic rings. The van der Waals surface area contributed by atoms with E-state index in [1.165, 1.54) is 16.7 Å². The lowest BCUT2D eigenvalue weighted by molar-refractivity contribution is 0.318. The fraction of sp³-hybridized carbons (Fsp3) is 0.333. The quantitative estimate of drug-likeness (QED) is 0.849. The third-order valence-corrected chi connectivity index (χ3v) is 3.58. The van der Waals surface area contributed by atoms with Gasteiger partial charge < -0.3 is 10.5 Å². The van der Waals surface area contributed by atoms with Crippen LogP contribution >= 0.6 is 0 Å². The van der Waals surface area contributed by atoms with Crippen LogP contribution in [-0.2, 0) is 19.5 Å². The van der Waals surface area contributed by atoms with Gasteiger partial charge in [0.15, 0.2) is 0 Å². The van der Waals surface area contributed by atoms with Crippen molar-refractivity contribution in [3.8, 4) is 5.75 Å². The number of nitrogens with zero attached hydrogens (tertiary/aromatic N) is 1. The molecular weight excluding hydrogens is 260 g/mol. The molecule has 0 fully saturated rings. The molecule has 0 saturated carbocycles. The Bertz CT molecular complexity index is 551. The highest BCUT2D eigenvalue weighted by molar-refractivity contribution is 5.29. The largest absolute Gasteiger partial charge is 0.497 e. The van der Waals surface area contributed by atoms with E-state index in [-0.39, 0.29) is 0 Å². The fourth-order valence-corrected chi connectivity index (χ4v) is 2.50. The van der Waals surface area contributed by atoms with Gasteiger partial charge in [0.2, 0.25) is 0 Å². The number of nitrogens with two attached hydrogens (primary N) is 1. The SMILES string of the molecule is COc1ccc(CN(C)Cc2ccccc2CCN)cc1. The number of rotatable bonds is 7. The molecule has 0 aliphatic carbocycles. The van der Waals surface area contributed by atoms with Crippen molar-refractivity contribution in [3.63, 3.8) is 0 Å². The van der Waals surface area contributed by atoms with Gasteiger partial charge in [0.25, 0.3) is 0 Å². The average molecular weight is 284 g/mol. The molecule has 2 N–H and O–H groups in total. The normalized spacial score (nSPS) is 10.9. The van der Waals surface area contributed by atoms with Gasteiger partial charge in [-0.2, -0.15) is 0 Å². The van der Waals surface area contributed by atoms with E-state index in [2.05, 4.69) is 48.3 Å². The van der Waals surface area contributed by atoms with Crippen LogP contribution in [0.5, 0.6) is 5.75 Å². The summed E-state index contributed by atoms with van der Waals surface area (Å²) in [5, 5.41) is 0. The van der Waals surface area contributed by atoms with Gasteiger partial charge in [0, 0.05) is 13.1 Å². The van der Waals surface area contributed by atoms with E-state index in [1.807, 2.05) is 12.1 Å². The number of methoxy groups -OCH3 is 1. The van der Waals surface area contributed by atoms with Gasteiger partial charge in [-0.25, -0.2) is 0 Å². The molecule has 0 spiro atoms. The van der Waals surface area contributed by atoms with Gasteiger partial charge in [-0.3, -0.25) is 4.90 Å². The fourth-order valence-electron chi connectivity index (χ4n) is 2.50. The molecule has 0 amide bonds. The maximum atomic E-state index is 5.69. The van der Waals surface area contributed by atoms with E-state index in [4.69, 9.17) is 10.5 Å². The molecule has 112 valence electrons. The Balaban J connectivity index is 1.99. The van der Waals surface area contributed by atoms with Gasteiger partial charge in [-0.15, -0.1) is 0 Å². The summed E-state index contributed by atoms with van der Waals surface area (Å²) in [6, 6.07) is 16.8. The molecule has 2 rings (SSSR count). The topological polar surface area (TPSA) is 38.5 Å². The molecule has 0 radical (unpaired) electrons. The van der Waals surface area contributed by atoms with E-state index in [0.717, 1.165) is 25.3 Å². The molecule has 0 aliphatic rings. The third kappa shape index (κ3) is 4.59. The van der Waals surface area contributed by atoms with E-state index in [1.54, 1.807) is 7.11 Å². The summed E-state index contributed by atoms with van der Waals surface area (Å²) in [6.45, 7) is 2.54. The Morgan fingerprint density at radius 2 is 1.62 bits per heavy atom. The lowest BCUT2D eigenvalue weighted by Crippen LogP contribution is -2.18. The highest BCUT2D eigenvalue weighted by Gasteiger charge is 2.06. The van der Waals surface area contributed by atoms with E-state index >= 15 is 0 Å². The van der Waals surface area contributed by atoms with Crippen molar-refractivity contribution in [2.75, 3.05) is 20.7 Å². The molecule has 3 heteroatoms. The first-order valence-corrected chi connectivity index (χ1v) is 7.31. The number of benzene rings is 2. The molecule has 0 aromatic heterocycles. The van der Waals surface area contributed by atoms with Crippen molar-refractivity contribution in [3.05, 3.63) is 65.2 Å². The van der Waals surface area contributed by atoms with Crippen LogP contribution in [0.25, 0.3) is 0 Å². The molecule has 0 unspecified atom stereocenters. The molecular formula is C18H24N2O. The maximum Gasteiger partial charge on any atom is 0.118 e. The van der Waals surface area contributed by atoms with Gasteiger partial charge in [0.1, 0.15) is 5.75 Å². The van der Waals surface area contributed by atoms with Crippen LogP contribution in [0, 0.1) is 0 Å². The Hall–Kier alpha value is -1.84. The first kappa shape index (κ1) is 15.5. The van der Waals surface area contributed by atoms with Crippen molar-refractivity contribution in [1.82, 2.24) is 4.90 Å². The highest BCUT2D eigenvalue weighted by Crippen LogP contribution is 2.15. The summed E-state index contributed by atoms with van der Waals surface area (Å²) in [5.41, 5.74) is 9.68. The van der Waals surface area contributed by atoms with Crippen molar-refractivity contribution < 1.29 is 4.74 Å². The predicted octanol–water partition coefficient (Wildman–Crippen LogP) is 2.83. The summed E-state index contributed by atoms with van der Waals surface area (Å²) in [4.78, 5) is 2.32. The molecule has 0 saturated heterocycles. The van der Waals surface area contributed by atoms with Gasteiger partial charge in [-0.1, -0.05) is 36.4 Å². The lowest BCUT2D eigenvalue weighted by atomic mass is 10.0. The standard InChI is InChI=1S/C18H24N2O/c1-20(13-15-7-9-18(21-2)10-8-15)14-17-6-4-3-5-16(17)11-12-19/h3-10H,11-14,19H2,1-2H3. The minimum absolute atomic E-state index is 0.694. The number of ether oxygens (including phenoxy) is 1. The van der Waals surface area contributed by atoms with Gasteiger partial charge in [0.05, 0.1) is 7.11 Å². The zero-order valence-corrected chi connectivity index (χ0v) is 12.9. The zero-order valence-electron chi connectivity index (χ0n) is 12.9. The van der Waals surface area contributed by atoms with E-state index in [0.29, 0.717) is 6.54 Å². The maximum absolute atomic E-state index is 5.69. The van der Waals surface area contributed by atoms with Crippen molar-refractivity contribution in [2.45, 2.75) is 19.5 Å². The lowest BCUT2D eigenvalue weighted by Gasteiger charge is -2.19. The zero-order chi connectivity index (χ0) is 15.1. The number of hydrogen-bond acceptors (Lipinski definition) is 3. The molecule has 0 atom stereocenters. The second-order valence-electron chi connectivity index (χ2n) is 5.33. The summed E-state index contributed by atoms with van der Waals surface area (Å²) in [5.74, 6) is 0.898. The van der Waals surface area contributed by atoms with Gasteiger partial charge >= 0.3 is 0 Å².